The first-order chi connectivity index (χ1) is 11.3. The Balaban J connectivity index is 2.04. The molecule has 0 radical (unpaired) electrons. The lowest BCUT2D eigenvalue weighted by atomic mass is 9.94. The highest BCUT2D eigenvalue weighted by molar-refractivity contribution is 6.16. The molecule has 0 amide bonds. The topological polar surface area (TPSA) is 38.1 Å². The maximum Gasteiger partial charge on any atom is 0.133 e. The van der Waals surface area contributed by atoms with Crippen LogP contribution in [0.15, 0.2) is 60.0 Å². The minimum absolute atomic E-state index is 0.272. The summed E-state index contributed by atoms with van der Waals surface area (Å²) in [5.74, 6) is -0.799. The predicted octanol–water partition coefficient (Wildman–Crippen LogP) is 3.77. The van der Waals surface area contributed by atoms with Gasteiger partial charge in [-0.25, -0.2) is 18.7 Å². The molecule has 0 spiro atoms. The van der Waals surface area contributed by atoms with Crippen LogP contribution in [0.5, 0.6) is 0 Å². The Kier molecular flexibility index (Phi) is 3.19. The van der Waals surface area contributed by atoms with Gasteiger partial charge in [0, 0.05) is 28.5 Å². The molecule has 0 N–H and O–H groups in total. The van der Waals surface area contributed by atoms with E-state index in [2.05, 4.69) is 15.0 Å². The van der Waals surface area contributed by atoms with Gasteiger partial charge in [-0.2, -0.15) is 0 Å². The van der Waals surface area contributed by atoms with Gasteiger partial charge in [-0.1, -0.05) is 24.3 Å². The Morgan fingerprint density at radius 3 is 2.52 bits per heavy atom. The van der Waals surface area contributed by atoms with E-state index in [9.17, 15) is 8.78 Å². The highest BCUT2D eigenvalue weighted by Gasteiger charge is 2.24. The highest BCUT2D eigenvalue weighted by Crippen LogP contribution is 2.33. The molecule has 112 valence electrons. The van der Waals surface area contributed by atoms with Crippen LogP contribution in [-0.4, -0.2) is 15.7 Å². The highest BCUT2D eigenvalue weighted by atomic mass is 19.1. The van der Waals surface area contributed by atoms with Crippen LogP contribution in [0, 0.1) is 11.6 Å². The van der Waals surface area contributed by atoms with Crippen molar-refractivity contribution in [2.45, 2.75) is 6.54 Å². The van der Waals surface area contributed by atoms with Gasteiger partial charge in [0.25, 0.3) is 0 Å². The fraction of sp³-hybridized carbons (Fsp3) is 0.0556. The fourth-order valence-electron chi connectivity index (χ4n) is 2.79. The molecule has 3 aromatic rings. The third-order valence-electron chi connectivity index (χ3n) is 3.83. The quantitative estimate of drug-likeness (QED) is 0.686. The Labute approximate surface area is 131 Å². The monoisotopic (exact) mass is 307 g/mol. The van der Waals surface area contributed by atoms with E-state index in [1.165, 1.54) is 18.5 Å². The molecule has 5 heteroatoms. The zero-order valence-electron chi connectivity index (χ0n) is 12.0. The van der Waals surface area contributed by atoms with Crippen molar-refractivity contribution >= 4 is 5.71 Å². The number of benzene rings is 2. The number of aromatic nitrogens is 2. The molecule has 1 aliphatic heterocycles. The van der Waals surface area contributed by atoms with E-state index < -0.39 is 11.6 Å². The van der Waals surface area contributed by atoms with Crippen molar-refractivity contribution in [1.29, 1.82) is 0 Å². The lowest BCUT2D eigenvalue weighted by Crippen LogP contribution is -2.08. The van der Waals surface area contributed by atoms with Gasteiger partial charge in [0.15, 0.2) is 0 Å². The van der Waals surface area contributed by atoms with Crippen molar-refractivity contribution in [2.75, 3.05) is 0 Å². The molecule has 0 atom stereocenters. The zero-order valence-corrected chi connectivity index (χ0v) is 12.0. The number of rotatable bonds is 1. The third kappa shape index (κ3) is 2.21. The molecule has 1 aliphatic rings. The lowest BCUT2D eigenvalue weighted by molar-refractivity contribution is 0.624. The minimum Gasteiger partial charge on any atom is -0.279 e. The van der Waals surface area contributed by atoms with Gasteiger partial charge in [-0.15, -0.1) is 0 Å². The zero-order chi connectivity index (χ0) is 15.8. The average Bonchev–Trinajstić information content (AvgIpc) is 2.73. The first-order valence-corrected chi connectivity index (χ1v) is 7.13. The average molecular weight is 307 g/mol. The van der Waals surface area contributed by atoms with Gasteiger partial charge in [0.2, 0.25) is 0 Å². The predicted molar refractivity (Wildman–Crippen MR) is 83.2 cm³/mol. The molecule has 4 rings (SSSR count). The summed E-state index contributed by atoms with van der Waals surface area (Å²) in [7, 11) is 0. The molecule has 0 saturated carbocycles. The van der Waals surface area contributed by atoms with Crippen molar-refractivity contribution < 1.29 is 8.78 Å². The molecule has 0 bridgehead atoms. The van der Waals surface area contributed by atoms with Gasteiger partial charge in [0.05, 0.1) is 18.0 Å². The minimum atomic E-state index is -0.409. The Hall–Kier alpha value is -2.95. The van der Waals surface area contributed by atoms with Crippen LogP contribution in [-0.2, 0) is 6.54 Å². The largest absolute Gasteiger partial charge is 0.279 e. The van der Waals surface area contributed by atoms with Crippen molar-refractivity contribution in [3.8, 4) is 11.3 Å². The van der Waals surface area contributed by atoms with E-state index >= 15 is 0 Å². The number of hydrogen-bond donors (Lipinski definition) is 0. The van der Waals surface area contributed by atoms with E-state index in [1.807, 2.05) is 0 Å². The molecule has 0 unspecified atom stereocenters. The molecule has 2 aromatic carbocycles. The van der Waals surface area contributed by atoms with Crippen molar-refractivity contribution in [1.82, 2.24) is 9.97 Å². The van der Waals surface area contributed by atoms with E-state index in [0.717, 1.165) is 0 Å². The number of hydrogen-bond acceptors (Lipinski definition) is 3. The molecule has 0 saturated heterocycles. The van der Waals surface area contributed by atoms with Crippen LogP contribution in [0.4, 0.5) is 8.78 Å². The molecule has 0 fully saturated rings. The second kappa shape index (κ2) is 5.35. The van der Waals surface area contributed by atoms with E-state index in [-0.39, 0.29) is 6.54 Å². The number of fused-ring (bicyclic) bond motifs is 3. The van der Waals surface area contributed by atoms with Crippen LogP contribution in [0.1, 0.15) is 16.7 Å². The maximum atomic E-state index is 14.5. The van der Waals surface area contributed by atoms with Crippen molar-refractivity contribution in [3.05, 3.63) is 83.3 Å². The third-order valence-corrected chi connectivity index (χ3v) is 3.83. The summed E-state index contributed by atoms with van der Waals surface area (Å²) in [6.45, 7) is 0.272. The van der Waals surface area contributed by atoms with Crippen LogP contribution in [0.2, 0.25) is 0 Å². The second-order valence-electron chi connectivity index (χ2n) is 5.20. The summed E-state index contributed by atoms with van der Waals surface area (Å²) < 4.78 is 28.7. The molecule has 23 heavy (non-hydrogen) atoms. The SMILES string of the molecule is Fc1ccccc1C1=NCc2cncnc2-c2c(F)cccc21. The fourth-order valence-corrected chi connectivity index (χ4v) is 2.79. The van der Waals surface area contributed by atoms with Crippen LogP contribution in [0.25, 0.3) is 11.3 Å². The standard InChI is InChI=1S/C18H11F2N3/c19-14-6-2-1-4-12(14)18-13-5-3-7-15(20)16(13)17-11(9-22-18)8-21-10-23-17/h1-8,10H,9H2. The second-order valence-corrected chi connectivity index (χ2v) is 5.20. The van der Waals surface area contributed by atoms with Gasteiger partial charge >= 0.3 is 0 Å². The molecule has 1 aromatic heterocycles. The van der Waals surface area contributed by atoms with Crippen LogP contribution in [0.3, 0.4) is 0 Å². The molecule has 0 aliphatic carbocycles. The first kappa shape index (κ1) is 13.7. The van der Waals surface area contributed by atoms with E-state index in [1.54, 1.807) is 36.5 Å². The number of halogens is 2. The summed E-state index contributed by atoms with van der Waals surface area (Å²) in [6.07, 6.45) is 3.00. The molecular weight excluding hydrogens is 296 g/mol. The van der Waals surface area contributed by atoms with Crippen LogP contribution < -0.4 is 0 Å². The normalized spacial score (nSPS) is 12.9. The Morgan fingerprint density at radius 1 is 0.870 bits per heavy atom. The van der Waals surface area contributed by atoms with Crippen molar-refractivity contribution in [3.63, 3.8) is 0 Å². The molecule has 2 heterocycles. The van der Waals surface area contributed by atoms with Gasteiger partial charge in [0.1, 0.15) is 18.0 Å². The number of nitrogens with zero attached hydrogens (tertiary/aromatic N) is 3. The molecular formula is C18H11F2N3. The summed E-state index contributed by atoms with van der Waals surface area (Å²) in [4.78, 5) is 12.7. The van der Waals surface area contributed by atoms with E-state index in [4.69, 9.17) is 0 Å². The van der Waals surface area contributed by atoms with Gasteiger partial charge in [-0.3, -0.25) is 4.99 Å². The first-order valence-electron chi connectivity index (χ1n) is 7.13. The smallest absolute Gasteiger partial charge is 0.133 e. The Bertz CT molecular complexity index is 935. The van der Waals surface area contributed by atoms with Crippen LogP contribution >= 0.6 is 0 Å². The van der Waals surface area contributed by atoms with E-state index in [0.29, 0.717) is 33.7 Å². The summed E-state index contributed by atoms with van der Waals surface area (Å²) >= 11 is 0. The van der Waals surface area contributed by atoms with Gasteiger partial charge in [-0.05, 0) is 18.2 Å². The Morgan fingerprint density at radius 2 is 1.65 bits per heavy atom. The summed E-state index contributed by atoms with van der Waals surface area (Å²) in [6, 6.07) is 11.1. The van der Waals surface area contributed by atoms with Gasteiger partial charge < -0.3 is 0 Å². The lowest BCUT2D eigenvalue weighted by Gasteiger charge is -2.11. The maximum absolute atomic E-state index is 14.5. The summed E-state index contributed by atoms with van der Waals surface area (Å²) in [5.41, 5.74) is 2.86. The van der Waals surface area contributed by atoms with Crippen molar-refractivity contribution in [2.24, 2.45) is 4.99 Å². The number of aliphatic imine (C=N–C) groups is 1. The molecule has 3 nitrogen and oxygen atoms in total. The summed E-state index contributed by atoms with van der Waals surface area (Å²) in [5, 5.41) is 0.